The number of hydrogen-bond donors (Lipinski definition) is 2. The summed E-state index contributed by atoms with van der Waals surface area (Å²) >= 11 is 0. The van der Waals surface area contributed by atoms with E-state index in [1.165, 1.54) is 13.0 Å². The van der Waals surface area contributed by atoms with Gasteiger partial charge in [-0.1, -0.05) is 13.8 Å². The number of carbonyl (C=O) groups excluding carboxylic acids is 1. The van der Waals surface area contributed by atoms with E-state index in [-0.39, 0.29) is 18.1 Å². The van der Waals surface area contributed by atoms with E-state index in [0.29, 0.717) is 0 Å². The summed E-state index contributed by atoms with van der Waals surface area (Å²) in [5.74, 6) is -1.64. The van der Waals surface area contributed by atoms with E-state index in [9.17, 15) is 14.7 Å². The average molecular weight is 286 g/mol. The smallest absolute Gasteiger partial charge is 0.331 e. The van der Waals surface area contributed by atoms with Crippen molar-refractivity contribution in [1.29, 1.82) is 0 Å². The van der Waals surface area contributed by atoms with E-state index in [1.54, 1.807) is 0 Å². The van der Waals surface area contributed by atoms with Crippen molar-refractivity contribution in [1.82, 2.24) is 0 Å². The second-order valence-corrected chi connectivity index (χ2v) is 4.88. The molecule has 0 aromatic heterocycles. The fourth-order valence-electron chi connectivity index (χ4n) is 2.22. The number of esters is 1. The zero-order valence-corrected chi connectivity index (χ0v) is 12.0. The van der Waals surface area contributed by atoms with E-state index in [2.05, 4.69) is 0 Å². The van der Waals surface area contributed by atoms with Crippen LogP contribution in [0.3, 0.4) is 0 Å². The summed E-state index contributed by atoms with van der Waals surface area (Å²) in [4.78, 5) is 22.2. The van der Waals surface area contributed by atoms with Crippen LogP contribution >= 0.6 is 0 Å². The van der Waals surface area contributed by atoms with Gasteiger partial charge < -0.3 is 19.7 Å². The summed E-state index contributed by atoms with van der Waals surface area (Å²) in [6.45, 7) is 5.13. The van der Waals surface area contributed by atoms with E-state index < -0.39 is 30.3 Å². The minimum atomic E-state index is -1.09. The van der Waals surface area contributed by atoms with E-state index in [1.807, 2.05) is 13.8 Å². The predicted molar refractivity (Wildman–Crippen MR) is 71.1 cm³/mol. The quantitative estimate of drug-likeness (QED) is 0.714. The second kappa shape index (κ2) is 7.40. The number of aliphatic carboxylic acids is 1. The third-order valence-corrected chi connectivity index (χ3v) is 3.36. The highest BCUT2D eigenvalue weighted by Gasteiger charge is 2.37. The topological polar surface area (TPSA) is 93.1 Å². The van der Waals surface area contributed by atoms with Gasteiger partial charge in [0.1, 0.15) is 18.3 Å². The lowest BCUT2D eigenvalue weighted by Crippen LogP contribution is -2.45. The summed E-state index contributed by atoms with van der Waals surface area (Å²) in [6, 6.07) is 0. The van der Waals surface area contributed by atoms with Crippen molar-refractivity contribution in [3.05, 3.63) is 11.6 Å². The Hall–Kier alpha value is -1.40. The lowest BCUT2D eigenvalue weighted by Gasteiger charge is -2.34. The molecule has 0 fully saturated rings. The molecule has 6 nitrogen and oxygen atoms in total. The highest BCUT2D eigenvalue weighted by atomic mass is 16.6. The molecule has 0 saturated heterocycles. The van der Waals surface area contributed by atoms with Crippen molar-refractivity contribution < 1.29 is 29.3 Å². The molecule has 0 radical (unpaired) electrons. The molecule has 0 aromatic rings. The van der Waals surface area contributed by atoms with Gasteiger partial charge in [0.25, 0.3) is 0 Å². The lowest BCUT2D eigenvalue weighted by molar-refractivity contribution is -0.162. The van der Waals surface area contributed by atoms with Crippen molar-refractivity contribution >= 4 is 11.9 Å². The van der Waals surface area contributed by atoms with Gasteiger partial charge in [-0.2, -0.15) is 0 Å². The number of rotatable bonds is 6. The summed E-state index contributed by atoms with van der Waals surface area (Å²) in [5, 5.41) is 19.3. The van der Waals surface area contributed by atoms with E-state index in [0.717, 1.165) is 12.8 Å². The number of carboxylic acids is 1. The van der Waals surface area contributed by atoms with Crippen molar-refractivity contribution in [3.8, 4) is 0 Å². The lowest BCUT2D eigenvalue weighted by atomic mass is 9.91. The molecule has 0 spiro atoms. The van der Waals surface area contributed by atoms with Crippen molar-refractivity contribution in [3.63, 3.8) is 0 Å². The largest absolute Gasteiger partial charge is 0.478 e. The molecule has 1 aliphatic carbocycles. The molecule has 3 atom stereocenters. The maximum Gasteiger partial charge on any atom is 0.331 e. The molecule has 0 aromatic carbocycles. The summed E-state index contributed by atoms with van der Waals surface area (Å²) < 4.78 is 10.7. The standard InChI is InChI=1S/C14H22O6/c1-4-10(5-2)20-12-7-9(14(17)18)6-11(13(12)16)19-8(3)15/h7,10-13,16H,4-6H2,1-3H3,(H,17,18)/t11-,12+,13+/m0/s1. The average Bonchev–Trinajstić information content (AvgIpc) is 2.38. The SMILES string of the molecule is CCC(CC)O[C@@H]1C=C(C(=O)O)C[C@H](OC(C)=O)[C@H]1O. The number of ether oxygens (including phenoxy) is 2. The van der Waals surface area contributed by atoms with Crippen LogP contribution in [-0.2, 0) is 19.1 Å². The molecule has 20 heavy (non-hydrogen) atoms. The third-order valence-electron chi connectivity index (χ3n) is 3.36. The van der Waals surface area contributed by atoms with Gasteiger partial charge in [-0.25, -0.2) is 4.79 Å². The van der Waals surface area contributed by atoms with Gasteiger partial charge in [-0.15, -0.1) is 0 Å². The Kier molecular flexibility index (Phi) is 6.16. The molecule has 1 aliphatic rings. The first-order chi connectivity index (χ1) is 9.38. The number of aliphatic hydroxyl groups excluding tert-OH is 1. The minimum Gasteiger partial charge on any atom is -0.478 e. The molecule has 2 N–H and O–H groups in total. The summed E-state index contributed by atoms with van der Waals surface area (Å²) in [6.07, 6.45) is 0.124. The van der Waals surface area contributed by atoms with Gasteiger partial charge in [0.15, 0.2) is 0 Å². The first-order valence-electron chi connectivity index (χ1n) is 6.83. The molecular formula is C14H22O6. The van der Waals surface area contributed by atoms with E-state index >= 15 is 0 Å². The molecule has 0 aliphatic heterocycles. The number of carbonyl (C=O) groups is 2. The molecule has 0 heterocycles. The zero-order valence-electron chi connectivity index (χ0n) is 12.0. The molecular weight excluding hydrogens is 264 g/mol. The molecule has 114 valence electrons. The number of hydrogen-bond acceptors (Lipinski definition) is 5. The van der Waals surface area contributed by atoms with Crippen LogP contribution in [0.2, 0.25) is 0 Å². The molecule has 1 rings (SSSR count). The zero-order chi connectivity index (χ0) is 15.3. The molecule has 6 heteroatoms. The number of aliphatic hydroxyl groups is 1. The van der Waals surface area contributed by atoms with Gasteiger partial charge in [0.05, 0.1) is 6.10 Å². The molecule has 0 unspecified atom stereocenters. The van der Waals surface area contributed by atoms with Crippen molar-refractivity contribution in [2.45, 2.75) is 64.4 Å². The first kappa shape index (κ1) is 16.7. The maximum absolute atomic E-state index is 11.1. The van der Waals surface area contributed by atoms with Gasteiger partial charge in [-0.3, -0.25) is 4.79 Å². The summed E-state index contributed by atoms with van der Waals surface area (Å²) in [7, 11) is 0. The molecule has 0 bridgehead atoms. The highest BCUT2D eigenvalue weighted by Crippen LogP contribution is 2.26. The number of carboxylic acid groups (broad SMARTS) is 1. The minimum absolute atomic E-state index is 0.0150. The third kappa shape index (κ3) is 4.31. The van der Waals surface area contributed by atoms with Crippen LogP contribution in [0.5, 0.6) is 0 Å². The van der Waals surface area contributed by atoms with Crippen LogP contribution in [0.15, 0.2) is 11.6 Å². The Balaban J connectivity index is 2.90. The highest BCUT2D eigenvalue weighted by molar-refractivity contribution is 5.87. The Morgan fingerprint density at radius 3 is 2.45 bits per heavy atom. The summed E-state index contributed by atoms with van der Waals surface area (Å²) in [5.41, 5.74) is 0.0949. The molecule has 0 saturated carbocycles. The fourth-order valence-corrected chi connectivity index (χ4v) is 2.22. The second-order valence-electron chi connectivity index (χ2n) is 4.88. The Labute approximate surface area is 118 Å². The molecule has 0 amide bonds. The van der Waals surface area contributed by atoms with Crippen LogP contribution in [0.1, 0.15) is 40.0 Å². The normalized spacial score (nSPS) is 26.2. The van der Waals surface area contributed by atoms with Crippen molar-refractivity contribution in [2.24, 2.45) is 0 Å². The van der Waals surface area contributed by atoms with Gasteiger partial charge in [0, 0.05) is 18.9 Å². The Morgan fingerprint density at radius 1 is 1.40 bits per heavy atom. The van der Waals surface area contributed by atoms with E-state index in [4.69, 9.17) is 14.6 Å². The van der Waals surface area contributed by atoms with Crippen LogP contribution < -0.4 is 0 Å². The van der Waals surface area contributed by atoms with Crippen LogP contribution in [0.25, 0.3) is 0 Å². The van der Waals surface area contributed by atoms with Gasteiger partial charge >= 0.3 is 11.9 Å². The van der Waals surface area contributed by atoms with Gasteiger partial charge in [-0.05, 0) is 18.9 Å². The predicted octanol–water partition coefficient (Wildman–Crippen LogP) is 1.27. The van der Waals surface area contributed by atoms with Crippen LogP contribution in [0, 0.1) is 0 Å². The van der Waals surface area contributed by atoms with Crippen LogP contribution in [0.4, 0.5) is 0 Å². The van der Waals surface area contributed by atoms with Crippen LogP contribution in [-0.4, -0.2) is 46.6 Å². The van der Waals surface area contributed by atoms with Crippen molar-refractivity contribution in [2.75, 3.05) is 0 Å². The van der Waals surface area contributed by atoms with Gasteiger partial charge in [0.2, 0.25) is 0 Å². The Morgan fingerprint density at radius 2 is 2.00 bits per heavy atom. The fraction of sp³-hybridized carbons (Fsp3) is 0.714. The first-order valence-corrected chi connectivity index (χ1v) is 6.83. The maximum atomic E-state index is 11.1. The monoisotopic (exact) mass is 286 g/mol. The Bertz CT molecular complexity index is 385.